The van der Waals surface area contributed by atoms with Crippen LogP contribution < -0.4 is 10.4 Å². The maximum absolute atomic E-state index is 12.6. The van der Waals surface area contributed by atoms with Gasteiger partial charge in [0.2, 0.25) is 11.2 Å². The molecule has 0 saturated carbocycles. The molecular weight excluding hydrogens is 334 g/mol. The third-order valence-electron chi connectivity index (χ3n) is 4.93. The average Bonchev–Trinajstić information content (AvgIpc) is 3.00. The lowest BCUT2D eigenvalue weighted by molar-refractivity contribution is -0.0233. The van der Waals surface area contributed by atoms with Crippen molar-refractivity contribution in [2.45, 2.75) is 24.9 Å². The molecule has 2 aliphatic heterocycles. The smallest absolute Gasteiger partial charge is 0.330 e. The molecule has 4 heterocycles. The van der Waals surface area contributed by atoms with E-state index in [-0.39, 0.29) is 17.0 Å². The Kier molecular flexibility index (Phi) is 3.98. The highest BCUT2D eigenvalue weighted by molar-refractivity contribution is 6.28. The van der Waals surface area contributed by atoms with Crippen LogP contribution in [0.25, 0.3) is 11.2 Å². The molecule has 2 saturated heterocycles. The van der Waals surface area contributed by atoms with Crippen molar-refractivity contribution in [3.8, 4) is 5.88 Å². The summed E-state index contributed by atoms with van der Waals surface area (Å²) >= 11 is 6.08. The van der Waals surface area contributed by atoms with Crippen LogP contribution in [0.5, 0.6) is 5.88 Å². The van der Waals surface area contributed by atoms with Gasteiger partial charge in [0.1, 0.15) is 6.61 Å². The molecule has 8 nitrogen and oxygen atoms in total. The van der Waals surface area contributed by atoms with Crippen LogP contribution in [0.3, 0.4) is 0 Å². The van der Waals surface area contributed by atoms with Gasteiger partial charge in [-0.2, -0.15) is 9.97 Å². The van der Waals surface area contributed by atoms with Crippen molar-refractivity contribution in [3.63, 3.8) is 0 Å². The van der Waals surface area contributed by atoms with Crippen molar-refractivity contribution in [2.24, 2.45) is 7.05 Å². The van der Waals surface area contributed by atoms with Crippen LogP contribution in [0.1, 0.15) is 18.9 Å². The van der Waals surface area contributed by atoms with Crippen molar-refractivity contribution in [1.82, 2.24) is 24.0 Å². The second-order valence-electron chi connectivity index (χ2n) is 6.46. The molecule has 1 atom stereocenters. The molecule has 0 aliphatic carbocycles. The fraction of sp³-hybridized carbons (Fsp3) is 0.667. The predicted molar refractivity (Wildman–Crippen MR) is 88.8 cm³/mol. The SMILES string of the molecule is CN1CCC[C@H]1COc1nc(Cl)nc2c1n(C)c(=O)n2C1COC1. The van der Waals surface area contributed by atoms with E-state index in [0.29, 0.717) is 42.9 Å². The summed E-state index contributed by atoms with van der Waals surface area (Å²) in [6.07, 6.45) is 2.26. The van der Waals surface area contributed by atoms with Crippen molar-refractivity contribution < 1.29 is 9.47 Å². The Morgan fingerprint density at radius 1 is 1.33 bits per heavy atom. The predicted octanol–water partition coefficient (Wildman–Crippen LogP) is 0.828. The third kappa shape index (κ3) is 2.49. The van der Waals surface area contributed by atoms with Crippen LogP contribution in [0, 0.1) is 0 Å². The Morgan fingerprint density at radius 3 is 2.75 bits per heavy atom. The van der Waals surface area contributed by atoms with Gasteiger partial charge in [-0.15, -0.1) is 0 Å². The number of halogens is 1. The molecule has 2 aromatic rings. The number of rotatable bonds is 4. The van der Waals surface area contributed by atoms with Crippen molar-refractivity contribution in [3.05, 3.63) is 15.8 Å². The fourth-order valence-electron chi connectivity index (χ4n) is 3.37. The minimum Gasteiger partial charge on any atom is -0.474 e. The zero-order valence-electron chi connectivity index (χ0n) is 13.7. The zero-order chi connectivity index (χ0) is 16.8. The molecule has 2 fully saturated rings. The van der Waals surface area contributed by atoms with E-state index in [0.717, 1.165) is 13.0 Å². The zero-order valence-corrected chi connectivity index (χ0v) is 14.5. The molecule has 24 heavy (non-hydrogen) atoms. The number of fused-ring (bicyclic) bond motifs is 1. The van der Waals surface area contributed by atoms with E-state index >= 15 is 0 Å². The van der Waals surface area contributed by atoms with Crippen LogP contribution >= 0.6 is 11.6 Å². The average molecular weight is 354 g/mol. The molecule has 0 N–H and O–H groups in total. The second kappa shape index (κ2) is 6.02. The summed E-state index contributed by atoms with van der Waals surface area (Å²) in [4.78, 5) is 23.3. The van der Waals surface area contributed by atoms with Gasteiger partial charge in [-0.1, -0.05) is 0 Å². The van der Waals surface area contributed by atoms with E-state index in [1.165, 1.54) is 11.0 Å². The van der Waals surface area contributed by atoms with Crippen LogP contribution in [0.15, 0.2) is 4.79 Å². The molecule has 9 heteroatoms. The van der Waals surface area contributed by atoms with Gasteiger partial charge in [0.15, 0.2) is 11.2 Å². The van der Waals surface area contributed by atoms with Crippen LogP contribution in [0.2, 0.25) is 5.28 Å². The van der Waals surface area contributed by atoms with Crippen molar-refractivity contribution >= 4 is 22.8 Å². The molecule has 0 radical (unpaired) electrons. The van der Waals surface area contributed by atoms with Gasteiger partial charge >= 0.3 is 5.69 Å². The molecular formula is C15H20ClN5O3. The van der Waals surface area contributed by atoms with E-state index in [1.807, 2.05) is 0 Å². The molecule has 2 aliphatic rings. The highest BCUT2D eigenvalue weighted by Gasteiger charge is 2.29. The van der Waals surface area contributed by atoms with Gasteiger partial charge in [-0.05, 0) is 38.0 Å². The first-order chi connectivity index (χ1) is 11.6. The number of aromatic nitrogens is 4. The normalized spacial score (nSPS) is 22.2. The minimum absolute atomic E-state index is 0.0130. The van der Waals surface area contributed by atoms with E-state index in [1.54, 1.807) is 11.6 Å². The van der Waals surface area contributed by atoms with Gasteiger partial charge in [-0.3, -0.25) is 9.13 Å². The molecule has 0 aromatic carbocycles. The highest BCUT2D eigenvalue weighted by atomic mass is 35.5. The van der Waals surface area contributed by atoms with Gasteiger partial charge < -0.3 is 14.4 Å². The number of likely N-dealkylation sites (tertiary alicyclic amines) is 1. The maximum atomic E-state index is 12.6. The van der Waals surface area contributed by atoms with E-state index in [2.05, 4.69) is 21.9 Å². The topological polar surface area (TPSA) is 74.4 Å². The summed E-state index contributed by atoms with van der Waals surface area (Å²) < 4.78 is 14.3. The summed E-state index contributed by atoms with van der Waals surface area (Å²) in [6, 6.07) is 0.342. The Balaban J connectivity index is 1.73. The molecule has 2 aromatic heterocycles. The first-order valence-electron chi connectivity index (χ1n) is 8.11. The first kappa shape index (κ1) is 15.9. The summed E-state index contributed by atoms with van der Waals surface area (Å²) in [5, 5.41) is 0.0804. The second-order valence-corrected chi connectivity index (χ2v) is 6.80. The highest BCUT2D eigenvalue weighted by Crippen LogP contribution is 2.28. The molecule has 4 rings (SSSR count). The summed E-state index contributed by atoms with van der Waals surface area (Å²) in [5.74, 6) is 0.365. The minimum atomic E-state index is -0.155. The van der Waals surface area contributed by atoms with Crippen LogP contribution in [-0.2, 0) is 11.8 Å². The monoisotopic (exact) mass is 353 g/mol. The van der Waals surface area contributed by atoms with Crippen molar-refractivity contribution in [2.75, 3.05) is 33.4 Å². The number of imidazole rings is 1. The number of hydrogen-bond donors (Lipinski definition) is 0. The molecule has 0 bridgehead atoms. The molecule has 0 amide bonds. The van der Waals surface area contributed by atoms with Crippen molar-refractivity contribution in [1.29, 1.82) is 0 Å². The number of nitrogens with zero attached hydrogens (tertiary/aromatic N) is 5. The van der Waals surface area contributed by atoms with Gasteiger partial charge in [0.25, 0.3) is 0 Å². The largest absolute Gasteiger partial charge is 0.474 e. The summed E-state index contributed by atoms with van der Waals surface area (Å²) in [7, 11) is 3.79. The molecule has 0 unspecified atom stereocenters. The van der Waals surface area contributed by atoms with Gasteiger partial charge in [0.05, 0.1) is 19.3 Å². The number of aryl methyl sites for hydroxylation is 1. The Morgan fingerprint density at radius 2 is 2.12 bits per heavy atom. The number of likely N-dealkylation sites (N-methyl/N-ethyl adjacent to an activating group) is 1. The Labute approximate surface area is 143 Å². The van der Waals surface area contributed by atoms with E-state index in [4.69, 9.17) is 21.1 Å². The Hall–Kier alpha value is -1.64. The van der Waals surface area contributed by atoms with Gasteiger partial charge in [-0.25, -0.2) is 4.79 Å². The lowest BCUT2D eigenvalue weighted by Crippen LogP contribution is -2.37. The maximum Gasteiger partial charge on any atom is 0.330 e. The first-order valence-corrected chi connectivity index (χ1v) is 8.49. The lowest BCUT2D eigenvalue weighted by atomic mass is 10.2. The quantitative estimate of drug-likeness (QED) is 0.758. The van der Waals surface area contributed by atoms with Crippen LogP contribution in [-0.4, -0.2) is 63.5 Å². The van der Waals surface area contributed by atoms with Crippen LogP contribution in [0.4, 0.5) is 0 Å². The Bertz CT molecular complexity index is 829. The van der Waals surface area contributed by atoms with Gasteiger partial charge in [0, 0.05) is 13.1 Å². The molecule has 130 valence electrons. The summed E-state index contributed by atoms with van der Waals surface area (Å²) in [6.45, 7) is 2.60. The van der Waals surface area contributed by atoms with E-state index in [9.17, 15) is 4.79 Å². The standard InChI is InChI=1S/C15H20ClN5O3/c1-19-5-3-4-9(19)8-24-13-11-12(17-14(16)18-13)21(10-6-23-7-10)15(22)20(11)2/h9-10H,3-8H2,1-2H3/t9-/m0/s1. The fourth-order valence-corrected chi connectivity index (χ4v) is 3.53. The lowest BCUT2D eigenvalue weighted by Gasteiger charge is -2.26. The number of ether oxygens (including phenoxy) is 2. The van der Waals surface area contributed by atoms with E-state index < -0.39 is 0 Å². The summed E-state index contributed by atoms with van der Waals surface area (Å²) in [5.41, 5.74) is 0.931. The molecule has 0 spiro atoms. The third-order valence-corrected chi connectivity index (χ3v) is 5.10. The number of hydrogen-bond acceptors (Lipinski definition) is 6.